The van der Waals surface area contributed by atoms with Crippen LogP contribution >= 0.6 is 12.6 Å². The molecule has 0 saturated carbocycles. The molecule has 0 radical (unpaired) electrons. The van der Waals surface area contributed by atoms with Crippen molar-refractivity contribution in [3.8, 4) is 5.75 Å². The van der Waals surface area contributed by atoms with Crippen molar-refractivity contribution in [2.45, 2.75) is 18.6 Å². The maximum absolute atomic E-state index is 12.1. The van der Waals surface area contributed by atoms with Crippen LogP contribution in [0, 0.1) is 0 Å². The molecule has 0 spiro atoms. The lowest BCUT2D eigenvalue weighted by atomic mass is 10.0. The highest BCUT2D eigenvalue weighted by Gasteiger charge is 2.33. The second-order valence-corrected chi connectivity index (χ2v) is 3.65. The van der Waals surface area contributed by atoms with Crippen LogP contribution < -0.4 is 4.74 Å². The normalized spacial score (nSPS) is 15.4. The summed E-state index contributed by atoms with van der Waals surface area (Å²) in [5.41, 5.74) is -0.133. The van der Waals surface area contributed by atoms with Crippen molar-refractivity contribution >= 4 is 12.6 Å². The molecule has 0 saturated heterocycles. The van der Waals surface area contributed by atoms with Crippen LogP contribution in [0.1, 0.15) is 11.7 Å². The zero-order chi connectivity index (χ0) is 13.1. The molecule has 0 aliphatic carbocycles. The molecule has 96 valence electrons. The largest absolute Gasteiger partial charge is 0.573 e. The van der Waals surface area contributed by atoms with E-state index in [1.54, 1.807) is 0 Å². The molecular formula is C10H11F3O3S. The molecule has 7 heteroatoms. The molecule has 0 heterocycles. The van der Waals surface area contributed by atoms with Crippen LogP contribution in [0.5, 0.6) is 5.75 Å². The quantitative estimate of drug-likeness (QED) is 0.731. The van der Waals surface area contributed by atoms with Gasteiger partial charge >= 0.3 is 6.36 Å². The number of ether oxygens (including phenoxy) is 1. The molecule has 1 aromatic carbocycles. The number of alkyl halides is 3. The number of hydrogen-bond donors (Lipinski definition) is 3. The number of rotatable bonds is 4. The van der Waals surface area contributed by atoms with Crippen molar-refractivity contribution in [3.63, 3.8) is 0 Å². The van der Waals surface area contributed by atoms with Crippen molar-refractivity contribution in [2.75, 3.05) is 5.75 Å². The van der Waals surface area contributed by atoms with Crippen molar-refractivity contribution in [1.29, 1.82) is 0 Å². The van der Waals surface area contributed by atoms with E-state index in [1.165, 1.54) is 18.2 Å². The van der Waals surface area contributed by atoms with Gasteiger partial charge in [0, 0.05) is 11.3 Å². The minimum absolute atomic E-state index is 0.0818. The fourth-order valence-corrected chi connectivity index (χ4v) is 1.45. The van der Waals surface area contributed by atoms with Gasteiger partial charge in [-0.3, -0.25) is 0 Å². The second-order valence-electron chi connectivity index (χ2n) is 3.28. The maximum Gasteiger partial charge on any atom is 0.573 e. The Morgan fingerprint density at radius 3 is 2.35 bits per heavy atom. The highest BCUT2D eigenvalue weighted by atomic mass is 32.1. The van der Waals surface area contributed by atoms with Crippen LogP contribution in [-0.4, -0.2) is 28.4 Å². The number of benzene rings is 1. The summed E-state index contributed by atoms with van der Waals surface area (Å²) >= 11 is 3.75. The van der Waals surface area contributed by atoms with E-state index < -0.39 is 24.3 Å². The first-order chi connectivity index (χ1) is 7.85. The fourth-order valence-electron chi connectivity index (χ4n) is 1.25. The van der Waals surface area contributed by atoms with E-state index in [0.717, 1.165) is 6.07 Å². The van der Waals surface area contributed by atoms with Gasteiger partial charge in [0.15, 0.2) is 0 Å². The number of aliphatic hydroxyl groups is 2. The average molecular weight is 268 g/mol. The summed E-state index contributed by atoms with van der Waals surface area (Å²) in [6, 6.07) is 5.09. The molecule has 0 aliphatic heterocycles. The summed E-state index contributed by atoms with van der Waals surface area (Å²) in [5.74, 6) is -0.616. The summed E-state index contributed by atoms with van der Waals surface area (Å²) in [5, 5.41) is 19.0. The number of aliphatic hydroxyl groups excluding tert-OH is 2. The van der Waals surface area contributed by atoms with E-state index in [2.05, 4.69) is 17.4 Å². The van der Waals surface area contributed by atoms with E-state index in [1.807, 2.05) is 0 Å². The van der Waals surface area contributed by atoms with Crippen LogP contribution in [0.4, 0.5) is 13.2 Å². The topological polar surface area (TPSA) is 49.7 Å². The Balaban J connectivity index is 2.99. The van der Waals surface area contributed by atoms with Crippen LogP contribution in [0.25, 0.3) is 0 Å². The van der Waals surface area contributed by atoms with E-state index in [4.69, 9.17) is 0 Å². The van der Waals surface area contributed by atoms with Crippen LogP contribution in [0.2, 0.25) is 0 Å². The van der Waals surface area contributed by atoms with Crippen molar-refractivity contribution in [3.05, 3.63) is 29.8 Å². The molecule has 0 fully saturated rings. The highest BCUT2D eigenvalue weighted by Crippen LogP contribution is 2.31. The molecule has 1 rings (SSSR count). The van der Waals surface area contributed by atoms with Gasteiger partial charge in [0.25, 0.3) is 0 Å². The Bertz CT molecular complexity index is 370. The van der Waals surface area contributed by atoms with Gasteiger partial charge in [-0.05, 0) is 6.07 Å². The molecule has 0 aromatic heterocycles. The minimum Gasteiger partial charge on any atom is -0.405 e. The molecule has 0 bridgehead atoms. The predicted molar refractivity (Wildman–Crippen MR) is 57.9 cm³/mol. The van der Waals surface area contributed by atoms with Crippen LogP contribution in [0.3, 0.4) is 0 Å². The highest BCUT2D eigenvalue weighted by molar-refractivity contribution is 7.80. The van der Waals surface area contributed by atoms with Gasteiger partial charge in [-0.1, -0.05) is 18.2 Å². The first-order valence-electron chi connectivity index (χ1n) is 4.67. The van der Waals surface area contributed by atoms with Crippen molar-refractivity contribution < 1.29 is 28.1 Å². The zero-order valence-electron chi connectivity index (χ0n) is 8.55. The number of para-hydroxylation sites is 1. The summed E-state index contributed by atoms with van der Waals surface area (Å²) in [7, 11) is 0. The predicted octanol–water partition coefficient (Wildman–Crippen LogP) is 1.91. The van der Waals surface area contributed by atoms with E-state index in [-0.39, 0.29) is 11.3 Å². The van der Waals surface area contributed by atoms with Crippen LogP contribution in [-0.2, 0) is 0 Å². The lowest BCUT2D eigenvalue weighted by molar-refractivity contribution is -0.275. The van der Waals surface area contributed by atoms with Crippen molar-refractivity contribution in [1.82, 2.24) is 0 Å². The van der Waals surface area contributed by atoms with E-state index >= 15 is 0 Å². The van der Waals surface area contributed by atoms with Gasteiger partial charge in [-0.15, -0.1) is 13.2 Å². The SMILES string of the molecule is OC(CS)C(O)c1ccccc1OC(F)(F)F. The van der Waals surface area contributed by atoms with E-state index in [9.17, 15) is 23.4 Å². The molecule has 2 N–H and O–H groups in total. The van der Waals surface area contributed by atoms with Gasteiger partial charge in [0.05, 0.1) is 6.10 Å². The Morgan fingerprint density at radius 2 is 1.82 bits per heavy atom. The Labute approximate surface area is 101 Å². The Kier molecular flexibility index (Phi) is 4.67. The van der Waals surface area contributed by atoms with Crippen LogP contribution in [0.15, 0.2) is 24.3 Å². The summed E-state index contributed by atoms with van der Waals surface area (Å²) < 4.78 is 40.0. The zero-order valence-corrected chi connectivity index (χ0v) is 9.45. The lowest BCUT2D eigenvalue weighted by Gasteiger charge is -2.20. The molecule has 0 amide bonds. The monoisotopic (exact) mass is 268 g/mol. The number of halogens is 3. The Morgan fingerprint density at radius 1 is 1.24 bits per heavy atom. The molecular weight excluding hydrogens is 257 g/mol. The molecule has 2 unspecified atom stereocenters. The van der Waals surface area contributed by atoms with Gasteiger partial charge in [0.2, 0.25) is 0 Å². The molecule has 2 atom stereocenters. The first-order valence-corrected chi connectivity index (χ1v) is 5.30. The third kappa shape index (κ3) is 4.10. The number of thiol groups is 1. The van der Waals surface area contributed by atoms with E-state index in [0.29, 0.717) is 0 Å². The minimum atomic E-state index is -4.85. The standard InChI is InChI=1S/C10H11F3O3S/c11-10(12,13)16-8-4-2-1-3-6(8)9(15)7(14)5-17/h1-4,7,9,14-15,17H,5H2. The summed E-state index contributed by atoms with van der Waals surface area (Å²) in [6.45, 7) is 0. The maximum atomic E-state index is 12.1. The van der Waals surface area contributed by atoms with Gasteiger partial charge < -0.3 is 14.9 Å². The summed E-state index contributed by atoms with van der Waals surface area (Å²) in [6.07, 6.45) is -7.59. The Hall–Kier alpha value is -0.920. The van der Waals surface area contributed by atoms with Gasteiger partial charge in [-0.25, -0.2) is 0 Å². The molecule has 1 aromatic rings. The molecule has 0 aliphatic rings. The van der Waals surface area contributed by atoms with Gasteiger partial charge in [-0.2, -0.15) is 12.6 Å². The smallest absolute Gasteiger partial charge is 0.405 e. The fraction of sp³-hybridized carbons (Fsp3) is 0.400. The third-order valence-electron chi connectivity index (χ3n) is 2.01. The summed E-state index contributed by atoms with van der Waals surface area (Å²) in [4.78, 5) is 0. The lowest BCUT2D eigenvalue weighted by Crippen LogP contribution is -2.23. The molecule has 17 heavy (non-hydrogen) atoms. The third-order valence-corrected chi connectivity index (χ3v) is 2.39. The van der Waals surface area contributed by atoms with Gasteiger partial charge in [0.1, 0.15) is 11.9 Å². The van der Waals surface area contributed by atoms with Crippen molar-refractivity contribution in [2.24, 2.45) is 0 Å². The second kappa shape index (κ2) is 5.61. The average Bonchev–Trinajstić information content (AvgIpc) is 2.25. The molecule has 3 nitrogen and oxygen atoms in total. The number of hydrogen-bond acceptors (Lipinski definition) is 4. The first kappa shape index (κ1) is 14.1.